The van der Waals surface area contributed by atoms with Gasteiger partial charge < -0.3 is 10.2 Å². The molecule has 2 N–H and O–H groups in total. The van der Waals surface area contributed by atoms with Gasteiger partial charge in [0.05, 0.1) is 19.6 Å². The summed E-state index contributed by atoms with van der Waals surface area (Å²) in [7, 11) is 0. The highest BCUT2D eigenvalue weighted by atomic mass is 32.2. The van der Waals surface area contributed by atoms with E-state index in [0.29, 0.717) is 11.6 Å². The minimum Gasteiger partial charge on any atom is -0.334 e. The maximum Gasteiger partial charge on any atom is 0.226 e. The quantitative estimate of drug-likeness (QED) is 0.590. The van der Waals surface area contributed by atoms with Gasteiger partial charge in [0.15, 0.2) is 4.34 Å². The van der Waals surface area contributed by atoms with Crippen LogP contribution >= 0.6 is 23.1 Å². The third-order valence-electron chi connectivity index (χ3n) is 3.37. The third-order valence-corrected chi connectivity index (χ3v) is 5.35. The van der Waals surface area contributed by atoms with Crippen molar-refractivity contribution in [3.05, 3.63) is 0 Å². The number of hydrogen-bond acceptors (Lipinski definition) is 5. The van der Waals surface area contributed by atoms with Gasteiger partial charge in [-0.15, -0.1) is 10.2 Å². The number of thioether (sulfide) groups is 1. The molecule has 0 saturated carbocycles. The molecule has 1 fully saturated rings. The highest BCUT2D eigenvalue weighted by Crippen LogP contribution is 2.24. The molecule has 0 aromatic carbocycles. The lowest BCUT2D eigenvalue weighted by Crippen LogP contribution is -3.13. The van der Waals surface area contributed by atoms with Gasteiger partial charge in [0.2, 0.25) is 11.0 Å². The van der Waals surface area contributed by atoms with Gasteiger partial charge in [0.1, 0.15) is 0 Å². The van der Waals surface area contributed by atoms with Crippen LogP contribution in [0.15, 0.2) is 4.34 Å². The molecular formula is C13H23N4OS2+. The molecule has 0 atom stereocenters. The summed E-state index contributed by atoms with van der Waals surface area (Å²) in [5.41, 5.74) is 0. The number of hydrogen-bond donors (Lipinski definition) is 2. The molecule has 1 aromatic heterocycles. The second-order valence-electron chi connectivity index (χ2n) is 5.08. The van der Waals surface area contributed by atoms with E-state index in [1.807, 2.05) is 6.92 Å². The Morgan fingerprint density at radius 2 is 2.15 bits per heavy atom. The molecule has 2 heterocycles. The lowest BCUT2D eigenvalue weighted by atomic mass is 10.1. The first-order valence-electron chi connectivity index (χ1n) is 7.37. The summed E-state index contributed by atoms with van der Waals surface area (Å²) in [6, 6.07) is 0. The summed E-state index contributed by atoms with van der Waals surface area (Å²) in [6.07, 6.45) is 5.53. The zero-order chi connectivity index (χ0) is 14.2. The number of anilines is 1. The van der Waals surface area contributed by atoms with Gasteiger partial charge in [-0.1, -0.05) is 30.0 Å². The predicted octanol–water partition coefficient (Wildman–Crippen LogP) is 1.44. The summed E-state index contributed by atoms with van der Waals surface area (Å²) < 4.78 is 0.952. The Balaban J connectivity index is 1.68. The van der Waals surface area contributed by atoms with E-state index in [2.05, 4.69) is 15.5 Å². The van der Waals surface area contributed by atoms with Crippen molar-refractivity contribution in [3.8, 4) is 0 Å². The van der Waals surface area contributed by atoms with E-state index >= 15 is 0 Å². The van der Waals surface area contributed by atoms with Gasteiger partial charge >= 0.3 is 0 Å². The standard InChI is InChI=1S/C13H22N4OS2/c1-2-6-11(18)14-12-15-16-13(20-12)19-10-9-17-7-4-3-5-8-17/h2-10H2,1H3,(H,14,15,18)/p+1. The summed E-state index contributed by atoms with van der Waals surface area (Å²) >= 11 is 3.22. The van der Waals surface area contributed by atoms with Crippen molar-refractivity contribution in [2.45, 2.75) is 43.4 Å². The van der Waals surface area contributed by atoms with E-state index in [-0.39, 0.29) is 5.91 Å². The van der Waals surface area contributed by atoms with Gasteiger partial charge in [-0.25, -0.2) is 0 Å². The number of nitrogens with zero attached hydrogens (tertiary/aromatic N) is 2. The monoisotopic (exact) mass is 315 g/mol. The van der Waals surface area contributed by atoms with Crippen molar-refractivity contribution in [2.24, 2.45) is 0 Å². The highest BCUT2D eigenvalue weighted by Gasteiger charge is 2.14. The molecule has 1 saturated heterocycles. The minimum absolute atomic E-state index is 0.0259. The summed E-state index contributed by atoms with van der Waals surface area (Å²) in [4.78, 5) is 13.2. The molecule has 0 unspecified atom stereocenters. The second kappa shape index (κ2) is 8.59. The van der Waals surface area contributed by atoms with Gasteiger partial charge in [0.25, 0.3) is 0 Å². The molecule has 1 aromatic rings. The first kappa shape index (κ1) is 15.7. The lowest BCUT2D eigenvalue weighted by molar-refractivity contribution is -0.902. The fourth-order valence-electron chi connectivity index (χ4n) is 2.31. The average molecular weight is 315 g/mol. The van der Waals surface area contributed by atoms with Gasteiger partial charge in [-0.05, 0) is 25.7 Å². The fourth-order valence-corrected chi connectivity index (χ4v) is 4.19. The molecule has 1 aliphatic heterocycles. The minimum atomic E-state index is 0.0259. The second-order valence-corrected chi connectivity index (χ2v) is 7.40. The summed E-state index contributed by atoms with van der Waals surface area (Å²) in [6.45, 7) is 5.82. The number of piperidine rings is 1. The molecule has 0 aliphatic carbocycles. The zero-order valence-electron chi connectivity index (χ0n) is 12.0. The topological polar surface area (TPSA) is 59.3 Å². The number of likely N-dealkylation sites (tertiary alicyclic amines) is 1. The first-order valence-corrected chi connectivity index (χ1v) is 9.18. The van der Waals surface area contributed by atoms with E-state index in [0.717, 1.165) is 16.5 Å². The van der Waals surface area contributed by atoms with E-state index in [9.17, 15) is 4.79 Å². The zero-order valence-corrected chi connectivity index (χ0v) is 13.6. The lowest BCUT2D eigenvalue weighted by Gasteiger charge is -2.22. The molecule has 2 rings (SSSR count). The van der Waals surface area contributed by atoms with Crippen LogP contribution in [0.25, 0.3) is 0 Å². The number of carbonyl (C=O) groups excluding carboxylic acids is 1. The number of carbonyl (C=O) groups is 1. The number of nitrogens with one attached hydrogen (secondary N) is 2. The average Bonchev–Trinajstić information content (AvgIpc) is 2.88. The largest absolute Gasteiger partial charge is 0.334 e. The van der Waals surface area contributed by atoms with Crippen molar-refractivity contribution in [3.63, 3.8) is 0 Å². The molecule has 1 aliphatic rings. The van der Waals surface area contributed by atoms with Crippen molar-refractivity contribution in [2.75, 3.05) is 30.7 Å². The molecular weight excluding hydrogens is 292 g/mol. The highest BCUT2D eigenvalue weighted by molar-refractivity contribution is 8.01. The Kier molecular flexibility index (Phi) is 6.75. The van der Waals surface area contributed by atoms with Crippen LogP contribution in [0.5, 0.6) is 0 Å². The third kappa shape index (κ3) is 5.38. The SMILES string of the molecule is CCCC(=O)Nc1nnc(SCC[NH+]2CCCCC2)s1. The van der Waals surface area contributed by atoms with Gasteiger partial charge in [0, 0.05) is 12.2 Å². The number of amides is 1. The van der Waals surface area contributed by atoms with Gasteiger partial charge in [-0.3, -0.25) is 4.79 Å². The Morgan fingerprint density at radius 1 is 1.35 bits per heavy atom. The van der Waals surface area contributed by atoms with Crippen LogP contribution in [-0.4, -0.2) is 41.5 Å². The fraction of sp³-hybridized carbons (Fsp3) is 0.769. The van der Waals surface area contributed by atoms with Crippen LogP contribution in [-0.2, 0) is 4.79 Å². The number of aromatic nitrogens is 2. The number of rotatable bonds is 7. The molecule has 20 heavy (non-hydrogen) atoms. The van der Waals surface area contributed by atoms with Crippen molar-refractivity contribution in [1.29, 1.82) is 0 Å². The van der Waals surface area contributed by atoms with E-state index in [1.54, 1.807) is 16.7 Å². The summed E-state index contributed by atoms with van der Waals surface area (Å²) in [5, 5.41) is 11.5. The smallest absolute Gasteiger partial charge is 0.226 e. The number of quaternary nitrogens is 1. The molecule has 1 amide bonds. The molecule has 5 nitrogen and oxygen atoms in total. The first-order chi connectivity index (χ1) is 9.78. The maximum atomic E-state index is 11.5. The van der Waals surface area contributed by atoms with Crippen molar-refractivity contribution in [1.82, 2.24) is 10.2 Å². The van der Waals surface area contributed by atoms with E-state index < -0.39 is 0 Å². The maximum absolute atomic E-state index is 11.5. The Hall–Kier alpha value is -0.660. The predicted molar refractivity (Wildman–Crippen MR) is 83.6 cm³/mol. The summed E-state index contributed by atoms with van der Waals surface area (Å²) in [5.74, 6) is 1.10. The Labute approximate surface area is 128 Å². The Morgan fingerprint density at radius 3 is 2.90 bits per heavy atom. The molecule has 7 heteroatoms. The van der Waals surface area contributed by atoms with Crippen LogP contribution in [0.2, 0.25) is 0 Å². The molecule has 0 radical (unpaired) electrons. The van der Waals surface area contributed by atoms with Crippen LogP contribution in [0, 0.1) is 0 Å². The Bertz CT molecular complexity index is 418. The van der Waals surface area contributed by atoms with Crippen LogP contribution < -0.4 is 10.2 Å². The van der Waals surface area contributed by atoms with Crippen molar-refractivity contribution < 1.29 is 9.69 Å². The normalized spacial score (nSPS) is 16.2. The van der Waals surface area contributed by atoms with E-state index in [4.69, 9.17) is 0 Å². The van der Waals surface area contributed by atoms with E-state index in [1.165, 1.54) is 50.2 Å². The molecule has 0 spiro atoms. The van der Waals surface area contributed by atoms with Gasteiger partial charge in [-0.2, -0.15) is 0 Å². The van der Waals surface area contributed by atoms with Crippen LogP contribution in [0.4, 0.5) is 5.13 Å². The molecule has 0 bridgehead atoms. The van der Waals surface area contributed by atoms with Crippen LogP contribution in [0.3, 0.4) is 0 Å². The van der Waals surface area contributed by atoms with Crippen LogP contribution in [0.1, 0.15) is 39.0 Å². The van der Waals surface area contributed by atoms with Crippen molar-refractivity contribution >= 4 is 34.1 Å². The molecule has 112 valence electrons.